The summed E-state index contributed by atoms with van der Waals surface area (Å²) in [5.74, 6) is -1.65. The van der Waals surface area contributed by atoms with E-state index in [9.17, 15) is 24.5 Å². The van der Waals surface area contributed by atoms with Crippen molar-refractivity contribution in [2.45, 2.75) is 6.42 Å². The van der Waals surface area contributed by atoms with E-state index < -0.39 is 29.3 Å². The Kier molecular flexibility index (Phi) is 6.20. The molecule has 0 N–H and O–H groups in total. The lowest BCUT2D eigenvalue weighted by Gasteiger charge is -2.27. The summed E-state index contributed by atoms with van der Waals surface area (Å²) in [6.45, 7) is 0.130. The highest BCUT2D eigenvalue weighted by Gasteiger charge is 2.32. The molecule has 1 saturated heterocycles. The first-order chi connectivity index (χ1) is 14.4. The Morgan fingerprint density at radius 2 is 1.87 bits per heavy atom. The zero-order chi connectivity index (χ0) is 21.7. The number of carbonyl (C=O) groups is 3. The Morgan fingerprint density at radius 3 is 2.53 bits per heavy atom. The normalized spacial score (nSPS) is 13.1. The molecule has 0 radical (unpaired) electrons. The van der Waals surface area contributed by atoms with Gasteiger partial charge in [-0.1, -0.05) is 12.1 Å². The average Bonchev–Trinajstić information content (AvgIpc) is 3.26. The smallest absolute Gasteiger partial charge is 0.339 e. The predicted molar refractivity (Wildman–Crippen MR) is 102 cm³/mol. The van der Waals surface area contributed by atoms with Crippen LogP contribution < -0.4 is 4.74 Å². The number of pyridine rings is 1. The number of methoxy groups -OCH3 is 1. The minimum atomic E-state index is -0.602. The Balaban J connectivity index is 1.67. The number of esters is 1. The van der Waals surface area contributed by atoms with E-state index >= 15 is 0 Å². The number of para-hydroxylation sites is 2. The van der Waals surface area contributed by atoms with Crippen molar-refractivity contribution < 1.29 is 28.8 Å². The quantitative estimate of drug-likeness (QED) is 0.394. The molecule has 11 nitrogen and oxygen atoms in total. The first-order valence-corrected chi connectivity index (χ1v) is 8.95. The molecule has 0 bridgehead atoms. The number of hydrazine groups is 1. The molecule has 1 aromatic heterocycles. The number of rotatable bonds is 6. The molecule has 0 unspecified atom stereocenters. The number of benzene rings is 1. The van der Waals surface area contributed by atoms with Gasteiger partial charge in [0.2, 0.25) is 0 Å². The minimum Gasteiger partial charge on any atom is -0.477 e. The molecule has 30 heavy (non-hydrogen) atoms. The van der Waals surface area contributed by atoms with E-state index in [0.29, 0.717) is 19.5 Å². The molecule has 0 atom stereocenters. The molecule has 1 aromatic carbocycles. The lowest BCUT2D eigenvalue weighted by Crippen LogP contribution is -2.46. The van der Waals surface area contributed by atoms with Crippen molar-refractivity contribution in [1.82, 2.24) is 15.0 Å². The number of hydrogen-bond donors (Lipinski definition) is 0. The van der Waals surface area contributed by atoms with E-state index in [2.05, 4.69) is 9.72 Å². The molecular weight excluding hydrogens is 396 g/mol. The zero-order valence-electron chi connectivity index (χ0n) is 16.0. The van der Waals surface area contributed by atoms with Crippen LogP contribution in [0.25, 0.3) is 0 Å². The van der Waals surface area contributed by atoms with Crippen LogP contribution in [0.3, 0.4) is 0 Å². The third kappa shape index (κ3) is 4.35. The van der Waals surface area contributed by atoms with Crippen molar-refractivity contribution in [3.05, 3.63) is 64.0 Å². The molecule has 2 amide bonds. The molecule has 1 aliphatic rings. The fourth-order valence-electron chi connectivity index (χ4n) is 2.92. The van der Waals surface area contributed by atoms with Crippen molar-refractivity contribution in [1.29, 1.82) is 0 Å². The third-order valence-electron chi connectivity index (χ3n) is 4.37. The van der Waals surface area contributed by atoms with E-state index in [1.807, 2.05) is 0 Å². The molecule has 0 aliphatic carbocycles. The number of nitro benzene ring substituents is 1. The number of nitrogens with zero attached hydrogens (tertiary/aromatic N) is 4. The average molecular weight is 414 g/mol. The van der Waals surface area contributed by atoms with Crippen LogP contribution in [-0.2, 0) is 9.53 Å². The van der Waals surface area contributed by atoms with Gasteiger partial charge in [0.1, 0.15) is 5.69 Å². The first kappa shape index (κ1) is 20.7. The number of hydrogen-bond acceptors (Lipinski definition) is 8. The van der Waals surface area contributed by atoms with Crippen LogP contribution in [0.15, 0.2) is 42.6 Å². The summed E-state index contributed by atoms with van der Waals surface area (Å²) >= 11 is 0. The Hall–Kier alpha value is -4.02. The molecule has 1 aliphatic heterocycles. The van der Waals surface area contributed by atoms with Gasteiger partial charge < -0.3 is 9.47 Å². The van der Waals surface area contributed by atoms with Crippen LogP contribution in [0, 0.1) is 10.1 Å². The van der Waals surface area contributed by atoms with Crippen LogP contribution in [0.2, 0.25) is 0 Å². The summed E-state index contributed by atoms with van der Waals surface area (Å²) in [6, 6.07) is 8.50. The maximum Gasteiger partial charge on any atom is 0.339 e. The van der Waals surface area contributed by atoms with Gasteiger partial charge in [0.05, 0.1) is 17.6 Å². The van der Waals surface area contributed by atoms with Crippen LogP contribution in [0.4, 0.5) is 5.69 Å². The van der Waals surface area contributed by atoms with E-state index in [-0.39, 0.29) is 22.7 Å². The van der Waals surface area contributed by atoms with Crippen molar-refractivity contribution in [2.24, 2.45) is 0 Å². The van der Waals surface area contributed by atoms with E-state index in [1.165, 1.54) is 53.7 Å². The summed E-state index contributed by atoms with van der Waals surface area (Å²) in [5.41, 5.74) is -0.00206. The molecule has 11 heteroatoms. The summed E-state index contributed by atoms with van der Waals surface area (Å²) in [5, 5.41) is 13.5. The van der Waals surface area contributed by atoms with Crippen LogP contribution in [0.1, 0.15) is 27.3 Å². The van der Waals surface area contributed by atoms with Crippen molar-refractivity contribution in [3.8, 4) is 5.75 Å². The zero-order valence-corrected chi connectivity index (χ0v) is 16.0. The molecule has 0 saturated carbocycles. The third-order valence-corrected chi connectivity index (χ3v) is 4.37. The lowest BCUT2D eigenvalue weighted by molar-refractivity contribution is -0.385. The highest BCUT2D eigenvalue weighted by Crippen LogP contribution is 2.26. The van der Waals surface area contributed by atoms with Crippen LogP contribution in [0.5, 0.6) is 5.75 Å². The topological polar surface area (TPSA) is 132 Å². The van der Waals surface area contributed by atoms with Crippen molar-refractivity contribution >= 4 is 23.5 Å². The summed E-state index contributed by atoms with van der Waals surface area (Å²) in [6.07, 6.45) is 1.78. The second-order valence-electron chi connectivity index (χ2n) is 6.24. The standard InChI is InChI=1S/C19H18N4O7/c1-29-19(26)13-7-8-14(20-11-13)18(25)22-10-4-9-21(22)17(24)12-30-16-6-3-2-5-15(16)23(27)28/h2-3,5-8,11H,4,9-10,12H2,1H3. The summed E-state index contributed by atoms with van der Waals surface area (Å²) < 4.78 is 9.91. The lowest BCUT2D eigenvalue weighted by atomic mass is 10.2. The van der Waals surface area contributed by atoms with Gasteiger partial charge >= 0.3 is 11.7 Å². The maximum absolute atomic E-state index is 12.8. The summed E-state index contributed by atoms with van der Waals surface area (Å²) in [4.78, 5) is 51.2. The number of amides is 2. The Labute approximate surface area is 170 Å². The van der Waals surface area contributed by atoms with Crippen LogP contribution >= 0.6 is 0 Å². The SMILES string of the molecule is COC(=O)c1ccc(C(=O)N2CCCN2C(=O)COc2ccccc2[N+](=O)[O-])nc1. The molecular formula is C19H18N4O7. The van der Waals surface area contributed by atoms with Gasteiger partial charge in [-0.25, -0.2) is 14.8 Å². The van der Waals surface area contributed by atoms with Gasteiger partial charge in [0.15, 0.2) is 12.4 Å². The molecule has 0 spiro atoms. The maximum atomic E-state index is 12.8. The predicted octanol–water partition coefficient (Wildman–Crippen LogP) is 1.44. The molecule has 3 rings (SSSR count). The number of ether oxygens (including phenoxy) is 2. The van der Waals surface area contributed by atoms with Gasteiger partial charge in [0, 0.05) is 25.4 Å². The van der Waals surface area contributed by atoms with Crippen molar-refractivity contribution in [2.75, 3.05) is 26.8 Å². The minimum absolute atomic E-state index is 0.0343. The first-order valence-electron chi connectivity index (χ1n) is 8.95. The van der Waals surface area contributed by atoms with Gasteiger partial charge in [-0.15, -0.1) is 0 Å². The Bertz CT molecular complexity index is 977. The molecule has 2 aromatic rings. The summed E-state index contributed by atoms with van der Waals surface area (Å²) in [7, 11) is 1.24. The number of carbonyl (C=O) groups excluding carboxylic acids is 3. The van der Waals surface area contributed by atoms with Gasteiger partial charge in [-0.05, 0) is 24.6 Å². The van der Waals surface area contributed by atoms with E-state index in [4.69, 9.17) is 4.74 Å². The molecule has 1 fully saturated rings. The largest absolute Gasteiger partial charge is 0.477 e. The van der Waals surface area contributed by atoms with Crippen molar-refractivity contribution in [3.63, 3.8) is 0 Å². The second-order valence-corrected chi connectivity index (χ2v) is 6.24. The fraction of sp³-hybridized carbons (Fsp3) is 0.263. The molecule has 2 heterocycles. The van der Waals surface area contributed by atoms with E-state index in [1.54, 1.807) is 6.07 Å². The Morgan fingerprint density at radius 1 is 1.13 bits per heavy atom. The highest BCUT2D eigenvalue weighted by atomic mass is 16.6. The van der Waals surface area contributed by atoms with Gasteiger partial charge in [-0.3, -0.25) is 24.7 Å². The second kappa shape index (κ2) is 8.99. The van der Waals surface area contributed by atoms with E-state index in [0.717, 1.165) is 0 Å². The number of aromatic nitrogens is 1. The highest BCUT2D eigenvalue weighted by molar-refractivity contribution is 5.95. The van der Waals surface area contributed by atoms with Gasteiger partial charge in [0.25, 0.3) is 11.8 Å². The number of nitro groups is 1. The molecule has 156 valence electrons. The monoisotopic (exact) mass is 414 g/mol. The fourth-order valence-corrected chi connectivity index (χ4v) is 2.92. The van der Waals surface area contributed by atoms with Gasteiger partial charge in [-0.2, -0.15) is 0 Å². The van der Waals surface area contributed by atoms with Crippen LogP contribution in [-0.4, -0.2) is 64.5 Å².